The number of benzene rings is 1. The third-order valence-electron chi connectivity index (χ3n) is 1.56. The van der Waals surface area contributed by atoms with E-state index in [-0.39, 0.29) is 29.6 Å². The number of hydrogen-bond donors (Lipinski definition) is 0. The molecule has 0 aliphatic heterocycles. The molecule has 0 nitrogen and oxygen atoms in total. The van der Waals surface area contributed by atoms with E-state index in [0.29, 0.717) is 0 Å². The summed E-state index contributed by atoms with van der Waals surface area (Å²) in [5, 5.41) is 0. The Morgan fingerprint density at radius 1 is 1.18 bits per heavy atom. The van der Waals surface area contributed by atoms with Gasteiger partial charge in [-0.1, -0.05) is 18.9 Å². The Bertz CT molecular complexity index is 189. The van der Waals surface area contributed by atoms with Gasteiger partial charge >= 0.3 is 29.6 Å². The quantitative estimate of drug-likeness (QED) is 0.412. The van der Waals surface area contributed by atoms with Gasteiger partial charge in [0, 0.05) is 0 Å². The summed E-state index contributed by atoms with van der Waals surface area (Å²) < 4.78 is 0. The first-order valence-corrected chi connectivity index (χ1v) is 3.74. The van der Waals surface area contributed by atoms with Crippen LogP contribution in [0.1, 0.15) is 24.5 Å². The van der Waals surface area contributed by atoms with Crippen molar-refractivity contribution in [2.75, 3.05) is 0 Å². The second kappa shape index (κ2) is 5.70. The van der Waals surface area contributed by atoms with Crippen LogP contribution >= 0.6 is 0 Å². The standard InChI is InChI=1S/C10H13.Na/c1-3-4-10-7-5-9(2)6-8-10;/h5-8H,2-4H2,1H3;/q-1;+1. The molecule has 0 N–H and O–H groups in total. The van der Waals surface area contributed by atoms with Crippen LogP contribution in [-0.4, -0.2) is 0 Å². The molecule has 0 fully saturated rings. The summed E-state index contributed by atoms with van der Waals surface area (Å²) in [6.07, 6.45) is 2.40. The Balaban J connectivity index is 0.000001000. The van der Waals surface area contributed by atoms with Crippen molar-refractivity contribution < 1.29 is 29.6 Å². The van der Waals surface area contributed by atoms with Gasteiger partial charge in [0.2, 0.25) is 0 Å². The molecule has 0 saturated carbocycles. The van der Waals surface area contributed by atoms with Gasteiger partial charge < -0.3 is 0 Å². The zero-order valence-electron chi connectivity index (χ0n) is 7.43. The topological polar surface area (TPSA) is 0 Å². The van der Waals surface area contributed by atoms with Crippen LogP contribution in [0.25, 0.3) is 0 Å². The molecule has 1 aromatic carbocycles. The summed E-state index contributed by atoms with van der Waals surface area (Å²) in [6, 6.07) is 8.41. The van der Waals surface area contributed by atoms with E-state index in [1.165, 1.54) is 18.4 Å². The summed E-state index contributed by atoms with van der Waals surface area (Å²) in [7, 11) is 0. The Labute approximate surface area is 91.3 Å². The third-order valence-corrected chi connectivity index (χ3v) is 1.56. The van der Waals surface area contributed by atoms with Crippen LogP contribution in [0.2, 0.25) is 0 Å². The monoisotopic (exact) mass is 156 g/mol. The third kappa shape index (κ3) is 3.85. The summed E-state index contributed by atoms with van der Waals surface area (Å²) in [4.78, 5) is 0. The van der Waals surface area contributed by atoms with E-state index < -0.39 is 0 Å². The second-order valence-electron chi connectivity index (χ2n) is 2.57. The molecule has 1 aromatic rings. The Kier molecular flexibility index (Phi) is 5.75. The molecule has 0 aliphatic rings. The van der Waals surface area contributed by atoms with Crippen LogP contribution < -0.4 is 29.6 Å². The first-order chi connectivity index (χ1) is 4.83. The molecule has 54 valence electrons. The van der Waals surface area contributed by atoms with Crippen molar-refractivity contribution in [3.8, 4) is 0 Å². The van der Waals surface area contributed by atoms with E-state index >= 15 is 0 Å². The molecule has 0 spiro atoms. The van der Waals surface area contributed by atoms with Gasteiger partial charge in [-0.2, -0.15) is 24.6 Å². The fraction of sp³-hybridized carbons (Fsp3) is 0.300. The van der Waals surface area contributed by atoms with Crippen LogP contribution in [0.4, 0.5) is 0 Å². The van der Waals surface area contributed by atoms with E-state index in [9.17, 15) is 0 Å². The Hall–Kier alpha value is 0.0900. The van der Waals surface area contributed by atoms with Crippen molar-refractivity contribution in [2.45, 2.75) is 19.8 Å². The minimum Gasteiger partial charge on any atom is -0.199 e. The molecular formula is C10H13Na. The largest absolute Gasteiger partial charge is 1.00 e. The van der Waals surface area contributed by atoms with Gasteiger partial charge in [-0.15, -0.1) is 12.1 Å². The number of aryl methyl sites for hydroxylation is 1. The SMILES string of the molecule is [CH2-]c1ccc(CCC)cc1.[Na+]. The molecule has 0 aromatic heterocycles. The van der Waals surface area contributed by atoms with Crippen molar-refractivity contribution >= 4 is 0 Å². The fourth-order valence-corrected chi connectivity index (χ4v) is 0.995. The molecule has 0 radical (unpaired) electrons. The minimum atomic E-state index is 0. The van der Waals surface area contributed by atoms with Crippen LogP contribution in [-0.2, 0) is 6.42 Å². The van der Waals surface area contributed by atoms with Crippen molar-refractivity contribution in [1.29, 1.82) is 0 Å². The van der Waals surface area contributed by atoms with Gasteiger partial charge in [0.05, 0.1) is 0 Å². The van der Waals surface area contributed by atoms with Crippen LogP contribution in [0.15, 0.2) is 24.3 Å². The van der Waals surface area contributed by atoms with Gasteiger partial charge in [0.25, 0.3) is 0 Å². The molecule has 0 aliphatic carbocycles. The number of rotatable bonds is 2. The molecule has 0 bridgehead atoms. The predicted molar refractivity (Wildman–Crippen MR) is 44.9 cm³/mol. The summed E-state index contributed by atoms with van der Waals surface area (Å²) >= 11 is 0. The summed E-state index contributed by atoms with van der Waals surface area (Å²) in [5.74, 6) is 0. The molecule has 11 heavy (non-hydrogen) atoms. The molecule has 0 unspecified atom stereocenters. The van der Waals surface area contributed by atoms with Crippen molar-refractivity contribution in [1.82, 2.24) is 0 Å². The average molecular weight is 156 g/mol. The van der Waals surface area contributed by atoms with Crippen molar-refractivity contribution in [2.24, 2.45) is 0 Å². The summed E-state index contributed by atoms with van der Waals surface area (Å²) in [5.41, 5.74) is 2.51. The molecule has 0 saturated heterocycles. The molecule has 1 heteroatoms. The van der Waals surface area contributed by atoms with Gasteiger partial charge in [-0.3, -0.25) is 0 Å². The van der Waals surface area contributed by atoms with Crippen molar-refractivity contribution in [3.63, 3.8) is 0 Å². The van der Waals surface area contributed by atoms with E-state index in [1.807, 2.05) is 0 Å². The van der Waals surface area contributed by atoms with Gasteiger partial charge in [-0.25, -0.2) is 0 Å². The van der Waals surface area contributed by atoms with Gasteiger partial charge in [-0.05, 0) is 6.42 Å². The maximum absolute atomic E-state index is 3.82. The summed E-state index contributed by atoms with van der Waals surface area (Å²) in [6.45, 7) is 6.01. The van der Waals surface area contributed by atoms with Crippen molar-refractivity contribution in [3.05, 3.63) is 42.3 Å². The van der Waals surface area contributed by atoms with E-state index in [1.54, 1.807) is 0 Å². The average Bonchev–Trinajstić information content (AvgIpc) is 1.95. The Morgan fingerprint density at radius 2 is 1.73 bits per heavy atom. The maximum atomic E-state index is 3.82. The molecule has 1 rings (SSSR count). The smallest absolute Gasteiger partial charge is 0.199 e. The van der Waals surface area contributed by atoms with Gasteiger partial charge in [0.15, 0.2) is 0 Å². The zero-order chi connectivity index (χ0) is 7.40. The van der Waals surface area contributed by atoms with Crippen LogP contribution in [0.3, 0.4) is 0 Å². The second-order valence-corrected chi connectivity index (χ2v) is 2.57. The molecular weight excluding hydrogens is 143 g/mol. The van der Waals surface area contributed by atoms with Crippen LogP contribution in [0, 0.1) is 6.92 Å². The van der Waals surface area contributed by atoms with E-state index in [2.05, 4.69) is 38.1 Å². The first-order valence-electron chi connectivity index (χ1n) is 3.74. The van der Waals surface area contributed by atoms with E-state index in [0.717, 1.165) is 5.56 Å². The fourth-order valence-electron chi connectivity index (χ4n) is 0.995. The normalized spacial score (nSPS) is 8.82. The zero-order valence-corrected chi connectivity index (χ0v) is 9.43. The number of hydrogen-bond acceptors (Lipinski definition) is 0. The first kappa shape index (κ1) is 11.1. The minimum absolute atomic E-state index is 0. The Morgan fingerprint density at radius 3 is 2.18 bits per heavy atom. The van der Waals surface area contributed by atoms with Crippen LogP contribution in [0.5, 0.6) is 0 Å². The van der Waals surface area contributed by atoms with E-state index in [4.69, 9.17) is 0 Å². The molecule has 0 amide bonds. The maximum Gasteiger partial charge on any atom is 1.00 e. The van der Waals surface area contributed by atoms with Gasteiger partial charge in [0.1, 0.15) is 0 Å². The molecule has 0 atom stereocenters. The predicted octanol–water partition coefficient (Wildman–Crippen LogP) is -0.175. The molecule has 0 heterocycles.